The lowest BCUT2D eigenvalue weighted by molar-refractivity contribution is -1.17. The Morgan fingerprint density at radius 2 is 0.227 bits per heavy atom. The van der Waals surface area contributed by atoms with Crippen molar-refractivity contribution in [3.63, 3.8) is 0 Å². The van der Waals surface area contributed by atoms with Crippen LogP contribution in [0.2, 0.25) is 0 Å². The Morgan fingerprint density at radius 1 is 0.101 bits per heavy atom. The van der Waals surface area contributed by atoms with Crippen LogP contribution in [0.4, 0.5) is 0 Å². The average Bonchev–Trinajstić information content (AvgIpc) is 0.390. The average molecular weight is 1530 g/mol. The lowest BCUT2D eigenvalue weighted by atomic mass is 8.18. The fourth-order valence-corrected chi connectivity index (χ4v) is 134. The molecular formula is C119H96. The summed E-state index contributed by atoms with van der Waals surface area (Å²) in [5.41, 5.74) is 59.7. The maximum atomic E-state index is 3.63. The zero-order valence-electron chi connectivity index (χ0n) is 74.7. The molecule has 0 saturated heterocycles. The Kier molecular flexibility index (Phi) is 2.37. The molecule has 45 unspecified atom stereocenters. The minimum Gasteiger partial charge on any atom is -0.0616 e. The van der Waals surface area contributed by atoms with E-state index in [1.807, 2.05) is 0 Å². The van der Waals surface area contributed by atoms with E-state index in [4.69, 9.17) is 0 Å². The molecule has 88 atom stereocenters. The summed E-state index contributed by atoms with van der Waals surface area (Å²) in [4.78, 5) is 0. The van der Waals surface area contributed by atoms with Gasteiger partial charge in [-0.25, -0.2) is 0 Å². The van der Waals surface area contributed by atoms with Crippen LogP contribution in [0.5, 0.6) is 0 Å². The predicted octanol–water partition coefficient (Wildman–Crippen LogP) is 19.2. The van der Waals surface area contributed by atoms with E-state index < -0.39 is 0 Å². The van der Waals surface area contributed by atoms with Gasteiger partial charge in [-0.15, -0.1) is 0 Å². The normalized spacial score (nSPS) is 138. The van der Waals surface area contributed by atoms with E-state index in [1.54, 1.807) is 0 Å². The number of fused-ring (bicyclic) bond motifs is 26. The van der Waals surface area contributed by atoms with Gasteiger partial charge in [0.25, 0.3) is 0 Å². The van der Waals surface area contributed by atoms with Crippen molar-refractivity contribution in [2.24, 2.45) is 281 Å². The standard InChI is InChI=1S/C119H96/c1-30-32-34-36-38-37-35-33-31(2)42(8)48(14)54(20)60(26)63(29)58(24)52(18)46(12)40(5,6)44(10)50(16)56(22)61(27)55(21)49(15)43(9)39(3,4)45(11)51(17)57(23)62(28)59(25)53(19)47(13)41(30,7)64(32)66(34)68(36)70(38)69(37)67(35)65(33,42)74(48)80(54)86(60)89(63)84(58)78(52)72(44,46)76(50)82(56)87(61)81(55)75(49)71(43,45)77(51)83(57)88(62)85(59)79(53)73(47,64)90(66)92(68)94(70)93(69)91(67,74)98(80)104(86)107(89)102(84)96(76,78)100(82)105(87)99(81)95(75,77)101(83)106(88)103(85)97(79,90)108(92)110(94)109(93,98)114(104)117(107)112(100,102)115(105)111(99,101)116(106)113(103,108)118(110,114)119(115,116)117/h30-38H,1-29H3/t30?,31?,32-,33?,34-,35?,36-,37+,38?,41?,42?,43+,44-,45?,46-,47?,48?,49+,50-,51?,52-,53?,54?,55?,56-,57?,58?,59?,60?,61?,62?,63?,64-,65?,66-,67?,68-,69+,70?,71+,72-,73-,74?,75+,76-,77+,78-,79-,80?,81?,82-,83+,84?,85-,86?,87?,88+,89?,90?,91?,92?,93?,94?,95+,96-,97-,98+,99?,100-,101+,102-,103-,104+,105?,106+,107-,108-,109+,110?,111?,112-,113?,114+,115?,116?,117-,118?,119?/m1/s1. The van der Waals surface area contributed by atoms with Crippen LogP contribution in [0, 0.1) is 492 Å². The summed E-state index contributed by atoms with van der Waals surface area (Å²) >= 11 is 0. The van der Waals surface area contributed by atoms with Gasteiger partial charge in [0.15, 0.2) is 0 Å². The fourth-order valence-electron chi connectivity index (χ4n) is 134. The van der Waals surface area contributed by atoms with Crippen LogP contribution >= 0.6 is 0 Å². The smallest absolute Gasteiger partial charge is 0.0000000158 e. The largest absolute Gasteiger partial charge is 0.0616 e. The molecule has 0 aromatic heterocycles. The predicted molar refractivity (Wildman–Crippen MR) is 425 cm³/mol. The molecule has 72 aliphatic rings. The van der Waals surface area contributed by atoms with E-state index in [1.165, 1.54) is 41.4 Å². The maximum Gasteiger partial charge on any atom is -0.0000000158 e. The third-order valence-electron chi connectivity index (χ3n) is 106. The molecule has 0 aromatic carbocycles. The molecule has 72 rings (SSSR count). The molecule has 0 heterocycles. The first-order valence-corrected chi connectivity index (χ1v) is 55.9. The summed E-state index contributed by atoms with van der Waals surface area (Å²) in [7, 11) is 0. The van der Waals surface area contributed by atoms with Crippen LogP contribution in [-0.2, 0) is 0 Å². The number of hydrogen-bond donors (Lipinski definition) is 0. The SMILES string of the molecule is CC1C2C3[C@H]4C5[C@H]6[C@H]7[C@H]8C(C)C9(C)C%10(C)C%11(C)C%12(C)C%13(C)C%14(C)C%15(C)C%16(C)C(C)(C)[C@@]%17(C)[C@@]%18(C)C%19(C)C%20(C)C%21%22C%19%23C%19%24C%25%26C%27%28C%29%30C%31%32C%33%34C%35%36C5([C@@]45C34C23C1(C)C1(C)C2(C)C%37(C)C%38(C)C%39(C)C%40%41C%38%42C%37%38C2%37C13C41C%355[C@]%332[C@]1%37[C@@]%381[C@]%312[C@]23C%32%27C%254C%19%21[C@]5%19[C@@]42[C@@]%40([C@]%4213)[C@]51[C@@]%412[C@]%39(C)[C@@]3(C)C(C)(C)[C@]4(C)[C@]5(C)[C@@]%20(C)[C@@]%22%19[C@]51[C@]342)[C@@]61C%362C34[C@@]71[C@@]89[C@@]%103[C@]%111[C@]4([C@]2%34%29)[C@@]%302[C@]%121[C@]%131[C@@]%282[C@]%262[C@]%243[C@@]%23%18[C@@]%16%17[C@]%153[C@]%1421. The molecule has 0 radical (unpaired) electrons. The maximum absolute atomic E-state index is 3.63. The van der Waals surface area contributed by atoms with Gasteiger partial charge >= 0.3 is 0 Å². The summed E-state index contributed by atoms with van der Waals surface area (Å²) in [6.07, 6.45) is 0. The van der Waals surface area contributed by atoms with Crippen molar-refractivity contribution in [1.82, 2.24) is 0 Å². The van der Waals surface area contributed by atoms with Crippen LogP contribution in [0.15, 0.2) is 0 Å². The molecule has 0 aliphatic heterocycles. The summed E-state index contributed by atoms with van der Waals surface area (Å²) < 4.78 is 0. The Hall–Kier alpha value is 0. The Labute approximate surface area is 687 Å². The highest BCUT2D eigenvalue weighted by Crippen LogP contribution is 3.96. The molecule has 0 heteroatoms. The lowest BCUT2D eigenvalue weighted by Gasteiger charge is -3.84. The fraction of sp³-hybridized carbons (Fsp3) is 1.00. The monoisotopic (exact) mass is 1520 g/mol. The molecule has 0 N–H and O–H groups in total. The van der Waals surface area contributed by atoms with Gasteiger partial charge in [0, 0.05) is 0 Å². The van der Waals surface area contributed by atoms with Gasteiger partial charge in [0.05, 0.1) is 0 Å². The molecule has 572 valence electrons. The molecule has 0 aromatic rings. The molecule has 72 saturated carbocycles. The second-order valence-corrected chi connectivity index (χ2v) is 76.9. The zero-order chi connectivity index (χ0) is 74.7. The van der Waals surface area contributed by atoms with E-state index >= 15 is 0 Å². The Balaban J connectivity index is 0.616. The van der Waals surface area contributed by atoms with E-state index in [0.29, 0.717) is 168 Å². The quantitative estimate of drug-likeness (QED) is 0.227. The van der Waals surface area contributed by atoms with Gasteiger partial charge < -0.3 is 0 Å². The van der Waals surface area contributed by atoms with Crippen LogP contribution in [0.1, 0.15) is 201 Å². The lowest BCUT2D eigenvalue weighted by Crippen LogP contribution is -3.79. The molecule has 0 nitrogen and oxygen atoms in total. The number of hydrogen-bond acceptors (Lipinski definition) is 0. The summed E-state index contributed by atoms with van der Waals surface area (Å²) in [6.45, 7) is 101. The van der Waals surface area contributed by atoms with Crippen molar-refractivity contribution in [3.8, 4) is 0 Å². The third-order valence-corrected chi connectivity index (χ3v) is 106. The Morgan fingerprint density at radius 3 is 0.445 bits per heavy atom. The van der Waals surface area contributed by atoms with Crippen molar-refractivity contribution in [2.75, 3.05) is 0 Å². The molecular weight excluding hydrogens is 1430 g/mol. The van der Waals surface area contributed by atoms with E-state index in [-0.39, 0.29) is 0 Å². The second kappa shape index (κ2) is 6.14. The van der Waals surface area contributed by atoms with Gasteiger partial charge in [-0.1, -0.05) is 201 Å². The molecule has 119 heavy (non-hydrogen) atoms. The molecule has 0 amide bonds. The van der Waals surface area contributed by atoms with Gasteiger partial charge in [-0.2, -0.15) is 0 Å². The van der Waals surface area contributed by atoms with Crippen molar-refractivity contribution in [1.29, 1.82) is 0 Å². The third kappa shape index (κ3) is 0.831. The van der Waals surface area contributed by atoms with Crippen molar-refractivity contribution in [2.45, 2.75) is 201 Å². The molecule has 72 aliphatic carbocycles. The summed E-state index contributed by atoms with van der Waals surface area (Å²) in [6, 6.07) is 0. The van der Waals surface area contributed by atoms with Crippen molar-refractivity contribution < 1.29 is 0 Å². The molecule has 72 fully saturated rings. The first kappa shape index (κ1) is 45.9. The number of rotatable bonds is 0. The van der Waals surface area contributed by atoms with Crippen LogP contribution in [-0.4, -0.2) is 0 Å². The van der Waals surface area contributed by atoms with Crippen LogP contribution in [0.25, 0.3) is 0 Å². The summed E-state index contributed by atoms with van der Waals surface area (Å²) in [5, 5.41) is 0. The van der Waals surface area contributed by atoms with Crippen LogP contribution < -0.4 is 0 Å². The van der Waals surface area contributed by atoms with E-state index in [0.717, 1.165) is 283 Å². The molecule has 0 bridgehead atoms. The van der Waals surface area contributed by atoms with E-state index in [9.17, 15) is 0 Å². The summed E-state index contributed by atoms with van der Waals surface area (Å²) in [5.74, 6) is 10.9. The van der Waals surface area contributed by atoms with Crippen molar-refractivity contribution >= 4 is 0 Å². The van der Waals surface area contributed by atoms with Gasteiger partial charge in [-0.3, -0.25) is 0 Å². The zero-order valence-corrected chi connectivity index (χ0v) is 74.7. The highest BCUT2D eigenvalue weighted by atomic mass is 15.9. The highest BCUT2D eigenvalue weighted by Gasteiger charge is 3.91. The topological polar surface area (TPSA) is 0 Å². The van der Waals surface area contributed by atoms with Gasteiger partial charge in [0.2, 0.25) is 0 Å². The highest BCUT2D eigenvalue weighted by molar-refractivity contribution is 6.90. The first-order valence-electron chi connectivity index (χ1n) is 55.9. The van der Waals surface area contributed by atoms with Crippen LogP contribution in [0.3, 0.4) is 0 Å². The first-order chi connectivity index (χ1) is 55.9. The van der Waals surface area contributed by atoms with Crippen molar-refractivity contribution in [3.05, 3.63) is 211 Å². The second-order valence-electron chi connectivity index (χ2n) is 76.9. The minimum absolute atomic E-state index is 0.374. The molecule has 56 spiro atoms. The van der Waals surface area contributed by atoms with E-state index in [2.05, 4.69) is 201 Å². The van der Waals surface area contributed by atoms with Gasteiger partial charge in [0.1, 0.15) is 0 Å². The van der Waals surface area contributed by atoms with Gasteiger partial charge in [-0.05, 0) is 492 Å². The Bertz CT molecular complexity index is 8620. The minimum atomic E-state index is 0.374.